The highest BCUT2D eigenvalue weighted by molar-refractivity contribution is 7.07. The third-order valence-corrected chi connectivity index (χ3v) is 9.17. The fourth-order valence-electron chi connectivity index (χ4n) is 6.02. The van der Waals surface area contributed by atoms with Crippen LogP contribution in [0, 0.1) is 20.8 Å². The predicted octanol–water partition coefficient (Wildman–Crippen LogP) is 6.45. The van der Waals surface area contributed by atoms with Gasteiger partial charge in [0.15, 0.2) is 16.3 Å². The van der Waals surface area contributed by atoms with E-state index in [1.54, 1.807) is 18.6 Å². The molecule has 0 amide bonds. The number of esters is 1. The molecular formula is C39H36N2O5S. The van der Waals surface area contributed by atoms with Crippen LogP contribution in [-0.4, -0.2) is 24.3 Å². The number of carbonyl (C=O) groups excluding carboxylic acids is 1. The molecule has 47 heavy (non-hydrogen) atoms. The van der Waals surface area contributed by atoms with Gasteiger partial charge in [-0.3, -0.25) is 9.36 Å². The van der Waals surface area contributed by atoms with Gasteiger partial charge >= 0.3 is 5.97 Å². The first-order valence-electron chi connectivity index (χ1n) is 15.5. The summed E-state index contributed by atoms with van der Waals surface area (Å²) in [4.78, 5) is 33.2. The van der Waals surface area contributed by atoms with Crippen LogP contribution in [-0.2, 0) is 16.1 Å². The van der Waals surface area contributed by atoms with Crippen LogP contribution in [0.25, 0.3) is 11.8 Å². The van der Waals surface area contributed by atoms with Crippen molar-refractivity contribution in [2.45, 2.75) is 40.3 Å². The maximum atomic E-state index is 14.2. The SMILES string of the molecule is CCOC(=O)C1=C(c2ccccc2)N=c2s/c(=C\c3ccc(OCc4c(C)cc(C)cc4C)c(OC)c3)c(=O)n2[C@@H]1c1ccccc1. The fraction of sp³-hybridized carbons (Fsp3) is 0.205. The van der Waals surface area contributed by atoms with E-state index in [4.69, 9.17) is 19.2 Å². The highest BCUT2D eigenvalue weighted by atomic mass is 32.1. The highest BCUT2D eigenvalue weighted by Crippen LogP contribution is 2.35. The van der Waals surface area contributed by atoms with Gasteiger partial charge in [0.25, 0.3) is 5.56 Å². The normalized spacial score (nSPS) is 14.4. The number of ether oxygens (including phenoxy) is 3. The minimum absolute atomic E-state index is 0.197. The highest BCUT2D eigenvalue weighted by Gasteiger charge is 2.35. The number of aryl methyl sites for hydroxylation is 3. The molecule has 0 unspecified atom stereocenters. The van der Waals surface area contributed by atoms with E-state index in [0.717, 1.165) is 22.3 Å². The lowest BCUT2D eigenvalue weighted by molar-refractivity contribution is -0.138. The van der Waals surface area contributed by atoms with Gasteiger partial charge in [-0.1, -0.05) is 95.8 Å². The summed E-state index contributed by atoms with van der Waals surface area (Å²) in [5, 5.41) is 0. The van der Waals surface area contributed by atoms with Gasteiger partial charge in [-0.05, 0) is 73.7 Å². The lowest BCUT2D eigenvalue weighted by atomic mass is 9.93. The minimum Gasteiger partial charge on any atom is -0.493 e. The summed E-state index contributed by atoms with van der Waals surface area (Å²) in [5.41, 5.74) is 7.63. The molecule has 0 saturated heterocycles. The smallest absolute Gasteiger partial charge is 0.338 e. The van der Waals surface area contributed by atoms with Gasteiger partial charge in [0.05, 0.1) is 35.6 Å². The summed E-state index contributed by atoms with van der Waals surface area (Å²) in [7, 11) is 1.60. The molecule has 0 N–H and O–H groups in total. The lowest BCUT2D eigenvalue weighted by Gasteiger charge is -2.25. The van der Waals surface area contributed by atoms with Crippen LogP contribution in [0.1, 0.15) is 51.9 Å². The molecule has 1 aliphatic heterocycles. The zero-order valence-electron chi connectivity index (χ0n) is 27.1. The van der Waals surface area contributed by atoms with Crippen LogP contribution < -0.4 is 24.4 Å². The molecule has 8 heteroatoms. The van der Waals surface area contributed by atoms with E-state index in [-0.39, 0.29) is 12.2 Å². The zero-order valence-corrected chi connectivity index (χ0v) is 27.9. The van der Waals surface area contributed by atoms with E-state index >= 15 is 0 Å². The molecule has 1 aromatic heterocycles. The molecule has 0 fully saturated rings. The molecular weight excluding hydrogens is 609 g/mol. The molecule has 2 heterocycles. The number of aromatic nitrogens is 1. The number of thiazole rings is 1. The average molecular weight is 645 g/mol. The van der Waals surface area contributed by atoms with E-state index in [2.05, 4.69) is 32.9 Å². The van der Waals surface area contributed by atoms with E-state index < -0.39 is 12.0 Å². The first-order chi connectivity index (χ1) is 22.8. The summed E-state index contributed by atoms with van der Waals surface area (Å²) >= 11 is 1.28. The Morgan fingerprint density at radius 3 is 2.26 bits per heavy atom. The van der Waals surface area contributed by atoms with Crippen molar-refractivity contribution in [3.8, 4) is 11.5 Å². The average Bonchev–Trinajstić information content (AvgIpc) is 3.38. The summed E-state index contributed by atoms with van der Waals surface area (Å²) in [6.07, 6.45) is 1.82. The Bertz CT molecular complexity index is 2140. The Hall–Kier alpha value is -5.21. The third-order valence-electron chi connectivity index (χ3n) is 8.19. The van der Waals surface area contributed by atoms with Gasteiger partial charge in [-0.25, -0.2) is 9.79 Å². The van der Waals surface area contributed by atoms with Gasteiger partial charge in [0, 0.05) is 5.56 Å². The van der Waals surface area contributed by atoms with Crippen molar-refractivity contribution in [2.24, 2.45) is 4.99 Å². The van der Waals surface area contributed by atoms with Gasteiger partial charge < -0.3 is 14.2 Å². The van der Waals surface area contributed by atoms with Crippen LogP contribution in [0.2, 0.25) is 0 Å². The second kappa shape index (κ2) is 13.6. The van der Waals surface area contributed by atoms with Crippen LogP contribution in [0.4, 0.5) is 0 Å². The van der Waals surface area contributed by atoms with Crippen LogP contribution in [0.5, 0.6) is 11.5 Å². The van der Waals surface area contributed by atoms with E-state index in [0.29, 0.717) is 38.7 Å². The molecule has 0 saturated carbocycles. The van der Waals surface area contributed by atoms with Crippen molar-refractivity contribution in [3.05, 3.63) is 155 Å². The standard InChI is InChI=1S/C39H36N2O5S/c1-6-45-38(43)34-35(28-13-9-7-10-14-28)40-39-41(36(34)29-15-11-8-12-16-29)37(42)33(47-39)22-27-17-18-31(32(21-27)44-5)46-23-30-25(3)19-24(2)20-26(30)4/h7-22,36H,6,23H2,1-5H3/b33-22-/t36-/m1/s1. The molecule has 0 aliphatic carbocycles. The van der Waals surface area contributed by atoms with E-state index in [9.17, 15) is 9.59 Å². The molecule has 0 bridgehead atoms. The second-order valence-corrected chi connectivity index (χ2v) is 12.4. The minimum atomic E-state index is -0.720. The maximum absolute atomic E-state index is 14.2. The molecule has 5 aromatic rings. The van der Waals surface area contributed by atoms with Crippen molar-refractivity contribution in [1.29, 1.82) is 0 Å². The summed E-state index contributed by atoms with van der Waals surface area (Å²) in [6, 6.07) is 28.3. The number of hydrogen-bond acceptors (Lipinski definition) is 7. The van der Waals surface area contributed by atoms with Crippen molar-refractivity contribution in [2.75, 3.05) is 13.7 Å². The number of benzene rings is 4. The molecule has 4 aromatic carbocycles. The topological polar surface area (TPSA) is 79.1 Å². The first kappa shape index (κ1) is 31.8. The summed E-state index contributed by atoms with van der Waals surface area (Å²) < 4.78 is 19.5. The number of hydrogen-bond donors (Lipinski definition) is 0. The Balaban J connectivity index is 1.44. The number of fused-ring (bicyclic) bond motifs is 1. The van der Waals surface area contributed by atoms with E-state index in [1.807, 2.05) is 84.9 Å². The number of rotatable bonds is 9. The van der Waals surface area contributed by atoms with Crippen molar-refractivity contribution < 1.29 is 19.0 Å². The molecule has 6 rings (SSSR count). The van der Waals surface area contributed by atoms with Gasteiger partial charge in [-0.15, -0.1) is 0 Å². The second-order valence-electron chi connectivity index (χ2n) is 11.4. The van der Waals surface area contributed by atoms with E-state index in [1.165, 1.54) is 28.0 Å². The summed E-state index contributed by atoms with van der Waals surface area (Å²) in [6.45, 7) is 8.65. The Kier molecular flexibility index (Phi) is 9.22. The molecule has 238 valence electrons. The number of carbonyl (C=O) groups is 1. The van der Waals surface area contributed by atoms with Gasteiger partial charge in [0.2, 0.25) is 0 Å². The summed E-state index contributed by atoms with van der Waals surface area (Å²) in [5.74, 6) is 0.669. The Morgan fingerprint density at radius 1 is 0.915 bits per heavy atom. The Labute approximate surface area is 277 Å². The quantitative estimate of drug-likeness (QED) is 0.173. The molecule has 1 atom stereocenters. The molecule has 7 nitrogen and oxygen atoms in total. The Morgan fingerprint density at radius 2 is 1.60 bits per heavy atom. The predicted molar refractivity (Wildman–Crippen MR) is 185 cm³/mol. The molecule has 0 radical (unpaired) electrons. The first-order valence-corrected chi connectivity index (χ1v) is 16.3. The number of methoxy groups -OCH3 is 1. The zero-order chi connectivity index (χ0) is 33.1. The van der Waals surface area contributed by atoms with Crippen LogP contribution in [0.3, 0.4) is 0 Å². The monoisotopic (exact) mass is 644 g/mol. The molecule has 0 spiro atoms. The van der Waals surface area contributed by atoms with Crippen molar-refractivity contribution in [1.82, 2.24) is 4.57 Å². The lowest BCUT2D eigenvalue weighted by Crippen LogP contribution is -2.39. The van der Waals surface area contributed by atoms with Crippen LogP contribution >= 0.6 is 11.3 Å². The number of nitrogens with zero attached hydrogens (tertiary/aromatic N) is 2. The van der Waals surface area contributed by atoms with Gasteiger partial charge in [-0.2, -0.15) is 0 Å². The molecule has 1 aliphatic rings. The van der Waals surface area contributed by atoms with Crippen molar-refractivity contribution >= 4 is 29.1 Å². The largest absolute Gasteiger partial charge is 0.493 e. The van der Waals surface area contributed by atoms with Crippen LogP contribution in [0.15, 0.2) is 106 Å². The van der Waals surface area contributed by atoms with Gasteiger partial charge in [0.1, 0.15) is 6.61 Å². The fourth-order valence-corrected chi connectivity index (χ4v) is 7.02. The van der Waals surface area contributed by atoms with Crippen molar-refractivity contribution in [3.63, 3.8) is 0 Å². The maximum Gasteiger partial charge on any atom is 0.338 e. The third kappa shape index (κ3) is 6.42.